The van der Waals surface area contributed by atoms with E-state index >= 15 is 0 Å². The maximum Gasteiger partial charge on any atom is 0.278 e. The summed E-state index contributed by atoms with van der Waals surface area (Å²) in [5, 5.41) is 15.8. The molecule has 4 aromatic rings. The predicted molar refractivity (Wildman–Crippen MR) is 114 cm³/mol. The molecule has 1 amide bonds. The molecule has 0 aliphatic carbocycles. The van der Waals surface area contributed by atoms with Crippen molar-refractivity contribution >= 4 is 23.3 Å². The van der Waals surface area contributed by atoms with Crippen molar-refractivity contribution in [3.8, 4) is 0 Å². The Morgan fingerprint density at radius 3 is 2.43 bits per heavy atom. The third-order valence-corrected chi connectivity index (χ3v) is 5.70. The van der Waals surface area contributed by atoms with E-state index in [0.717, 1.165) is 40.1 Å². The van der Waals surface area contributed by atoms with Crippen LogP contribution in [0.3, 0.4) is 0 Å². The van der Waals surface area contributed by atoms with Gasteiger partial charge in [-0.2, -0.15) is 13.8 Å². The van der Waals surface area contributed by atoms with Crippen molar-refractivity contribution in [2.75, 3.05) is 5.32 Å². The van der Waals surface area contributed by atoms with Crippen molar-refractivity contribution in [2.24, 2.45) is 0 Å². The van der Waals surface area contributed by atoms with Gasteiger partial charge in [0.25, 0.3) is 5.91 Å². The molecule has 4 rings (SSSR count). The number of aromatic nitrogens is 7. The fourth-order valence-electron chi connectivity index (χ4n) is 3.22. The first kappa shape index (κ1) is 19.9. The average molecular weight is 423 g/mol. The topological polar surface area (TPSA) is 103 Å². The Hall–Kier alpha value is -3.40. The fourth-order valence-corrected chi connectivity index (χ4v) is 3.77. The van der Waals surface area contributed by atoms with Gasteiger partial charge in [-0.1, -0.05) is 35.5 Å². The minimum Gasteiger partial charge on any atom is -0.317 e. The largest absolute Gasteiger partial charge is 0.317 e. The lowest BCUT2D eigenvalue weighted by Gasteiger charge is -2.07. The summed E-state index contributed by atoms with van der Waals surface area (Å²) in [6.45, 7) is 8.62. The maximum absolute atomic E-state index is 12.9. The molecule has 154 valence electrons. The molecule has 1 N–H and O–H groups in total. The highest BCUT2D eigenvalue weighted by molar-refractivity contribution is 6.99. The number of anilines is 1. The second-order valence-electron chi connectivity index (χ2n) is 7.12. The van der Waals surface area contributed by atoms with E-state index in [1.165, 1.54) is 0 Å². The zero-order valence-electron chi connectivity index (χ0n) is 17.2. The first-order valence-corrected chi connectivity index (χ1v) is 10.2. The first-order chi connectivity index (χ1) is 14.4. The number of aryl methyl sites for hydroxylation is 2. The van der Waals surface area contributed by atoms with Crippen LogP contribution in [-0.2, 0) is 13.1 Å². The van der Waals surface area contributed by atoms with Crippen molar-refractivity contribution in [1.29, 1.82) is 0 Å². The summed E-state index contributed by atoms with van der Waals surface area (Å²) in [5.74, 6) is -0.308. The molecule has 0 fully saturated rings. The van der Waals surface area contributed by atoms with Crippen LogP contribution < -0.4 is 5.32 Å². The average Bonchev–Trinajstić information content (AvgIpc) is 3.38. The van der Waals surface area contributed by atoms with Gasteiger partial charge in [0, 0.05) is 0 Å². The van der Waals surface area contributed by atoms with Crippen LogP contribution in [0.4, 0.5) is 5.69 Å². The van der Waals surface area contributed by atoms with Crippen LogP contribution in [0.1, 0.15) is 44.5 Å². The van der Waals surface area contributed by atoms with Gasteiger partial charge in [-0.15, -0.1) is 5.10 Å². The molecular formula is C20H22N8OS. The molecule has 0 bridgehead atoms. The Balaban J connectivity index is 1.52. The van der Waals surface area contributed by atoms with E-state index in [1.807, 2.05) is 50.6 Å². The van der Waals surface area contributed by atoms with Crippen molar-refractivity contribution in [3.05, 3.63) is 70.1 Å². The van der Waals surface area contributed by atoms with Gasteiger partial charge < -0.3 is 5.32 Å². The fraction of sp³-hybridized carbons (Fsp3) is 0.300. The molecule has 3 heterocycles. The predicted octanol–water partition coefficient (Wildman–Crippen LogP) is 2.91. The highest BCUT2D eigenvalue weighted by atomic mass is 32.1. The van der Waals surface area contributed by atoms with Crippen LogP contribution in [0.2, 0.25) is 0 Å². The van der Waals surface area contributed by atoms with E-state index in [1.54, 1.807) is 4.68 Å². The van der Waals surface area contributed by atoms with Gasteiger partial charge in [0.15, 0.2) is 5.69 Å². The molecule has 3 aromatic heterocycles. The minimum absolute atomic E-state index is 0.283. The number of nitrogens with one attached hydrogen (secondary N) is 1. The van der Waals surface area contributed by atoms with Crippen molar-refractivity contribution in [2.45, 2.75) is 40.8 Å². The molecule has 0 spiro atoms. The van der Waals surface area contributed by atoms with Gasteiger partial charge in [0.05, 0.1) is 59.0 Å². The third-order valence-electron chi connectivity index (χ3n) is 5.04. The summed E-state index contributed by atoms with van der Waals surface area (Å²) >= 11 is 1.16. The van der Waals surface area contributed by atoms with Crippen LogP contribution in [0.25, 0.3) is 0 Å². The molecular weight excluding hydrogens is 400 g/mol. The van der Waals surface area contributed by atoms with Gasteiger partial charge in [0.2, 0.25) is 0 Å². The standard InChI is InChI=1S/C20H22N8OS/c1-12-17(25-30-24-12)11-28-15(4)19(22-26-28)20(29)21-18-13(2)23-27(14(18)3)10-16-8-6-5-7-9-16/h5-9H,10-11H2,1-4H3,(H,21,29). The molecule has 1 aromatic carbocycles. The number of carbonyl (C=O) groups excluding carboxylic acids is 1. The summed E-state index contributed by atoms with van der Waals surface area (Å²) in [6, 6.07) is 10.1. The van der Waals surface area contributed by atoms with Crippen molar-refractivity contribution in [1.82, 2.24) is 33.5 Å². The quantitative estimate of drug-likeness (QED) is 0.512. The van der Waals surface area contributed by atoms with E-state index in [0.29, 0.717) is 24.5 Å². The van der Waals surface area contributed by atoms with Crippen molar-refractivity contribution < 1.29 is 4.79 Å². The maximum atomic E-state index is 12.9. The summed E-state index contributed by atoms with van der Waals surface area (Å²) in [6.07, 6.45) is 0. The monoisotopic (exact) mass is 422 g/mol. The lowest BCUT2D eigenvalue weighted by Crippen LogP contribution is -2.16. The Labute approximate surface area is 178 Å². The number of carbonyl (C=O) groups is 1. The minimum atomic E-state index is -0.308. The van der Waals surface area contributed by atoms with Crippen LogP contribution in [0.5, 0.6) is 0 Å². The van der Waals surface area contributed by atoms with Gasteiger partial charge >= 0.3 is 0 Å². The Kier molecular flexibility index (Phi) is 5.40. The first-order valence-electron chi connectivity index (χ1n) is 9.51. The lowest BCUT2D eigenvalue weighted by atomic mass is 10.2. The molecule has 0 aliphatic heterocycles. The summed E-state index contributed by atoms with van der Waals surface area (Å²) in [7, 11) is 0. The van der Waals surface area contributed by atoms with Gasteiger partial charge in [-0.3, -0.25) is 9.48 Å². The number of hydrogen-bond acceptors (Lipinski definition) is 7. The molecule has 10 heteroatoms. The normalized spacial score (nSPS) is 11.1. The lowest BCUT2D eigenvalue weighted by molar-refractivity contribution is 0.102. The van der Waals surface area contributed by atoms with E-state index in [-0.39, 0.29) is 11.6 Å². The molecule has 0 saturated carbocycles. The molecule has 0 saturated heterocycles. The molecule has 0 atom stereocenters. The number of rotatable bonds is 6. The molecule has 30 heavy (non-hydrogen) atoms. The molecule has 9 nitrogen and oxygen atoms in total. The zero-order valence-corrected chi connectivity index (χ0v) is 18.1. The van der Waals surface area contributed by atoms with Crippen LogP contribution >= 0.6 is 11.7 Å². The highest BCUT2D eigenvalue weighted by Gasteiger charge is 2.21. The number of hydrogen-bond donors (Lipinski definition) is 1. The number of nitrogens with zero attached hydrogens (tertiary/aromatic N) is 7. The Bertz CT molecular complexity index is 1190. The van der Waals surface area contributed by atoms with Gasteiger partial charge in [-0.05, 0) is 33.3 Å². The second-order valence-corrected chi connectivity index (χ2v) is 7.65. The van der Waals surface area contributed by atoms with Crippen molar-refractivity contribution in [3.63, 3.8) is 0 Å². The van der Waals surface area contributed by atoms with Crippen LogP contribution in [0.15, 0.2) is 30.3 Å². The van der Waals surface area contributed by atoms with Crippen LogP contribution in [-0.4, -0.2) is 39.4 Å². The van der Waals surface area contributed by atoms with E-state index < -0.39 is 0 Å². The summed E-state index contributed by atoms with van der Waals surface area (Å²) < 4.78 is 12.0. The Morgan fingerprint density at radius 2 is 1.73 bits per heavy atom. The SMILES string of the molecule is Cc1nsnc1Cn1nnc(C(=O)Nc2c(C)nn(Cc3ccccc3)c2C)c1C. The molecule has 0 radical (unpaired) electrons. The second kappa shape index (κ2) is 8.15. The third kappa shape index (κ3) is 3.86. The Morgan fingerprint density at radius 1 is 0.967 bits per heavy atom. The summed E-state index contributed by atoms with van der Waals surface area (Å²) in [5.41, 5.74) is 6.13. The van der Waals surface area contributed by atoms with Gasteiger partial charge in [0.1, 0.15) is 0 Å². The highest BCUT2D eigenvalue weighted by Crippen LogP contribution is 2.22. The summed E-state index contributed by atoms with van der Waals surface area (Å²) in [4.78, 5) is 12.9. The van der Waals surface area contributed by atoms with E-state index in [2.05, 4.69) is 41.6 Å². The zero-order chi connectivity index (χ0) is 21.3. The molecule has 0 unspecified atom stereocenters. The van der Waals surface area contributed by atoms with Gasteiger partial charge in [-0.25, -0.2) is 4.68 Å². The number of amides is 1. The van der Waals surface area contributed by atoms with E-state index in [9.17, 15) is 4.79 Å². The van der Waals surface area contributed by atoms with Crippen LogP contribution in [0, 0.1) is 27.7 Å². The van der Waals surface area contributed by atoms with E-state index in [4.69, 9.17) is 0 Å². The smallest absolute Gasteiger partial charge is 0.278 e. The molecule has 0 aliphatic rings. The number of benzene rings is 1.